The number of rotatable bonds is 4. The van der Waals surface area contributed by atoms with Gasteiger partial charge in [-0.3, -0.25) is 4.79 Å². The molecule has 0 aromatic rings. The first-order valence-corrected chi connectivity index (χ1v) is 6.99. The summed E-state index contributed by atoms with van der Waals surface area (Å²) in [6.07, 6.45) is 2.22. The Morgan fingerprint density at radius 2 is 1.63 bits per heavy atom. The fraction of sp³-hybridized carbons (Fsp3) is 0.923. The van der Waals surface area contributed by atoms with Gasteiger partial charge in [0.05, 0.1) is 0 Å². The number of hydrogen-bond donors (Lipinski definition) is 1. The Hall–Kier alpha value is -0.780. The fourth-order valence-corrected chi connectivity index (χ4v) is 2.60. The fourth-order valence-electron chi connectivity index (χ4n) is 2.60. The standard InChI is InChI=1S/C13H23F3N2O/c14-13(15,16)10-18(9-8-17)12(19)11-6-4-2-1-3-5-7-11/h11H,1-10,17H2. The summed E-state index contributed by atoms with van der Waals surface area (Å²) in [7, 11) is 0. The molecule has 1 fully saturated rings. The summed E-state index contributed by atoms with van der Waals surface area (Å²) in [6.45, 7) is -1.14. The Bertz CT molecular complexity index is 274. The van der Waals surface area contributed by atoms with E-state index in [0.717, 1.165) is 37.0 Å². The summed E-state index contributed by atoms with van der Waals surface area (Å²) in [5.74, 6) is -0.626. The average Bonchev–Trinajstić information content (AvgIpc) is 2.25. The third-order valence-electron chi connectivity index (χ3n) is 3.54. The topological polar surface area (TPSA) is 46.3 Å². The third kappa shape index (κ3) is 6.27. The van der Waals surface area contributed by atoms with Gasteiger partial charge in [-0.05, 0) is 12.8 Å². The number of carbonyl (C=O) groups excluding carboxylic acids is 1. The van der Waals surface area contributed by atoms with Crippen molar-refractivity contribution in [2.75, 3.05) is 19.6 Å². The van der Waals surface area contributed by atoms with Crippen molar-refractivity contribution >= 4 is 5.91 Å². The molecule has 0 unspecified atom stereocenters. The number of hydrogen-bond acceptors (Lipinski definition) is 2. The van der Waals surface area contributed by atoms with Crippen LogP contribution in [-0.2, 0) is 4.79 Å². The van der Waals surface area contributed by atoms with E-state index in [1.807, 2.05) is 0 Å². The normalized spacial score (nSPS) is 18.7. The lowest BCUT2D eigenvalue weighted by atomic mass is 9.90. The van der Waals surface area contributed by atoms with Crippen molar-refractivity contribution in [1.29, 1.82) is 0 Å². The smallest absolute Gasteiger partial charge is 0.332 e. The van der Waals surface area contributed by atoms with Crippen LogP contribution in [0.15, 0.2) is 0 Å². The number of alkyl halides is 3. The molecule has 0 saturated heterocycles. The van der Waals surface area contributed by atoms with E-state index in [4.69, 9.17) is 5.73 Å². The van der Waals surface area contributed by atoms with Crippen molar-refractivity contribution in [3.63, 3.8) is 0 Å². The summed E-state index contributed by atoms with van der Waals surface area (Å²) in [4.78, 5) is 13.1. The highest BCUT2D eigenvalue weighted by Crippen LogP contribution is 2.25. The molecule has 1 rings (SSSR count). The highest BCUT2D eigenvalue weighted by Gasteiger charge is 2.34. The first kappa shape index (κ1) is 16.3. The molecule has 1 saturated carbocycles. The summed E-state index contributed by atoms with van der Waals surface area (Å²) in [5, 5.41) is 0. The molecule has 6 heteroatoms. The lowest BCUT2D eigenvalue weighted by Crippen LogP contribution is -2.44. The number of carbonyl (C=O) groups is 1. The maximum absolute atomic E-state index is 12.5. The summed E-state index contributed by atoms with van der Waals surface area (Å²) >= 11 is 0. The van der Waals surface area contributed by atoms with Crippen LogP contribution in [-0.4, -0.2) is 36.6 Å². The minimum atomic E-state index is -4.35. The van der Waals surface area contributed by atoms with Crippen LogP contribution in [0.3, 0.4) is 0 Å². The van der Waals surface area contributed by atoms with Gasteiger partial charge < -0.3 is 10.6 Å². The Balaban J connectivity index is 2.62. The van der Waals surface area contributed by atoms with Gasteiger partial charge >= 0.3 is 6.18 Å². The molecule has 0 aromatic carbocycles. The zero-order chi connectivity index (χ0) is 14.3. The SMILES string of the molecule is NCCN(CC(F)(F)F)C(=O)C1CCCCCCC1. The third-order valence-corrected chi connectivity index (χ3v) is 3.54. The lowest BCUT2D eigenvalue weighted by molar-refractivity contribution is -0.164. The van der Waals surface area contributed by atoms with Gasteiger partial charge in [0.25, 0.3) is 0 Å². The predicted octanol–water partition coefficient (Wildman–Crippen LogP) is 2.70. The van der Waals surface area contributed by atoms with Crippen molar-refractivity contribution in [3.05, 3.63) is 0 Å². The summed E-state index contributed by atoms with van der Waals surface area (Å²) in [6, 6.07) is 0. The van der Waals surface area contributed by atoms with E-state index in [2.05, 4.69) is 0 Å². The van der Waals surface area contributed by atoms with Crippen LogP contribution in [0.2, 0.25) is 0 Å². The molecule has 1 aliphatic carbocycles. The Kier molecular flexibility index (Phi) is 6.62. The maximum Gasteiger partial charge on any atom is 0.406 e. The second-order valence-corrected chi connectivity index (χ2v) is 5.21. The van der Waals surface area contributed by atoms with Gasteiger partial charge in [-0.15, -0.1) is 0 Å². The molecule has 0 atom stereocenters. The quantitative estimate of drug-likeness (QED) is 0.860. The number of nitrogens with zero attached hydrogens (tertiary/aromatic N) is 1. The van der Waals surface area contributed by atoms with Crippen molar-refractivity contribution < 1.29 is 18.0 Å². The van der Waals surface area contributed by atoms with E-state index >= 15 is 0 Å². The molecule has 0 spiro atoms. The van der Waals surface area contributed by atoms with Gasteiger partial charge in [0.2, 0.25) is 5.91 Å². The molecule has 1 amide bonds. The van der Waals surface area contributed by atoms with Crippen LogP contribution < -0.4 is 5.73 Å². The van der Waals surface area contributed by atoms with Crippen LogP contribution in [0.4, 0.5) is 13.2 Å². The molecule has 3 nitrogen and oxygen atoms in total. The maximum atomic E-state index is 12.5. The predicted molar refractivity (Wildman–Crippen MR) is 67.5 cm³/mol. The van der Waals surface area contributed by atoms with Gasteiger partial charge in [0, 0.05) is 19.0 Å². The zero-order valence-electron chi connectivity index (χ0n) is 11.2. The van der Waals surface area contributed by atoms with Gasteiger partial charge in [0.15, 0.2) is 0 Å². The van der Waals surface area contributed by atoms with Crippen LogP contribution in [0.5, 0.6) is 0 Å². The van der Waals surface area contributed by atoms with Gasteiger partial charge in [-0.1, -0.05) is 32.1 Å². The molecular formula is C13H23F3N2O. The first-order chi connectivity index (χ1) is 8.94. The molecule has 112 valence electrons. The van der Waals surface area contributed by atoms with E-state index in [9.17, 15) is 18.0 Å². The highest BCUT2D eigenvalue weighted by atomic mass is 19.4. The molecule has 0 radical (unpaired) electrons. The number of amides is 1. The van der Waals surface area contributed by atoms with Crippen LogP contribution >= 0.6 is 0 Å². The Labute approximate surface area is 112 Å². The second kappa shape index (κ2) is 7.72. The van der Waals surface area contributed by atoms with Crippen LogP contribution in [0.1, 0.15) is 44.9 Å². The van der Waals surface area contributed by atoms with Crippen LogP contribution in [0.25, 0.3) is 0 Å². The number of halogens is 3. The van der Waals surface area contributed by atoms with Crippen molar-refractivity contribution in [3.8, 4) is 0 Å². The minimum absolute atomic E-state index is 0.0190. The largest absolute Gasteiger partial charge is 0.406 e. The number of nitrogens with two attached hydrogens (primary N) is 1. The van der Waals surface area contributed by atoms with Crippen molar-refractivity contribution in [2.45, 2.75) is 51.1 Å². The minimum Gasteiger partial charge on any atom is -0.332 e. The van der Waals surface area contributed by atoms with Crippen molar-refractivity contribution in [2.24, 2.45) is 11.7 Å². The molecule has 0 heterocycles. The van der Waals surface area contributed by atoms with E-state index in [-0.39, 0.29) is 24.9 Å². The van der Waals surface area contributed by atoms with E-state index < -0.39 is 12.7 Å². The molecule has 2 N–H and O–H groups in total. The van der Waals surface area contributed by atoms with Crippen LogP contribution in [0, 0.1) is 5.92 Å². The molecule has 0 aromatic heterocycles. The average molecular weight is 280 g/mol. The summed E-state index contributed by atoms with van der Waals surface area (Å²) < 4.78 is 37.4. The monoisotopic (exact) mass is 280 g/mol. The molecule has 0 bridgehead atoms. The zero-order valence-corrected chi connectivity index (χ0v) is 11.2. The first-order valence-electron chi connectivity index (χ1n) is 6.99. The van der Waals surface area contributed by atoms with Gasteiger partial charge in [0.1, 0.15) is 6.54 Å². The second-order valence-electron chi connectivity index (χ2n) is 5.21. The van der Waals surface area contributed by atoms with E-state index in [0.29, 0.717) is 12.8 Å². The van der Waals surface area contributed by atoms with Crippen molar-refractivity contribution in [1.82, 2.24) is 4.90 Å². The molecule has 0 aliphatic heterocycles. The molecular weight excluding hydrogens is 257 g/mol. The lowest BCUT2D eigenvalue weighted by Gasteiger charge is -2.28. The Morgan fingerprint density at radius 3 is 2.11 bits per heavy atom. The summed E-state index contributed by atoms with van der Waals surface area (Å²) in [5.41, 5.74) is 5.31. The molecule has 19 heavy (non-hydrogen) atoms. The Morgan fingerprint density at radius 1 is 1.11 bits per heavy atom. The van der Waals surface area contributed by atoms with E-state index in [1.54, 1.807) is 0 Å². The molecule has 1 aliphatic rings. The van der Waals surface area contributed by atoms with Gasteiger partial charge in [-0.2, -0.15) is 13.2 Å². The van der Waals surface area contributed by atoms with Gasteiger partial charge in [-0.25, -0.2) is 0 Å². The van der Waals surface area contributed by atoms with E-state index in [1.165, 1.54) is 0 Å². The highest BCUT2D eigenvalue weighted by molar-refractivity contribution is 5.78.